The van der Waals surface area contributed by atoms with Gasteiger partial charge in [-0.3, -0.25) is 0 Å². The molecule has 144 valence electrons. The van der Waals surface area contributed by atoms with E-state index in [1.165, 1.54) is 12.7 Å². The third-order valence-corrected chi connectivity index (χ3v) is 5.03. The molecule has 9 heteroatoms. The number of aryl methyl sites for hydroxylation is 1. The lowest BCUT2D eigenvalue weighted by atomic mass is 10.1. The Bertz CT molecular complexity index is 964. The van der Waals surface area contributed by atoms with Gasteiger partial charge in [0.25, 0.3) is 0 Å². The van der Waals surface area contributed by atoms with Crippen molar-refractivity contribution in [1.29, 1.82) is 0 Å². The maximum Gasteiger partial charge on any atom is 0.321 e. The molecular weight excluding hydrogens is 356 g/mol. The van der Waals surface area contributed by atoms with Crippen molar-refractivity contribution >= 4 is 17.5 Å². The van der Waals surface area contributed by atoms with Gasteiger partial charge in [-0.25, -0.2) is 24.4 Å². The topological polar surface area (TPSA) is 92.1 Å². The average Bonchev–Trinajstić information content (AvgIpc) is 3.27. The Morgan fingerprint density at radius 2 is 1.82 bits per heavy atom. The highest BCUT2D eigenvalue weighted by atomic mass is 16.2. The first-order chi connectivity index (χ1) is 13.6. The average molecular weight is 378 g/mol. The predicted molar refractivity (Wildman–Crippen MR) is 106 cm³/mol. The molecule has 0 radical (unpaired) electrons. The fraction of sp³-hybridized carbons (Fsp3) is 0.316. The molecule has 0 aliphatic carbocycles. The third-order valence-electron chi connectivity index (χ3n) is 5.03. The van der Waals surface area contributed by atoms with Gasteiger partial charge in [0, 0.05) is 37.9 Å². The first kappa shape index (κ1) is 17.9. The predicted octanol–water partition coefficient (Wildman–Crippen LogP) is 2.03. The normalized spacial score (nSPS) is 14.2. The van der Waals surface area contributed by atoms with E-state index in [4.69, 9.17) is 0 Å². The smallest absolute Gasteiger partial charge is 0.321 e. The lowest BCUT2D eigenvalue weighted by Gasteiger charge is -2.35. The second-order valence-corrected chi connectivity index (χ2v) is 6.73. The van der Waals surface area contributed by atoms with Gasteiger partial charge < -0.3 is 15.1 Å². The van der Waals surface area contributed by atoms with Crippen LogP contribution in [0.25, 0.3) is 5.82 Å². The molecule has 3 heterocycles. The molecule has 9 nitrogen and oxygen atoms in total. The van der Waals surface area contributed by atoms with E-state index in [-0.39, 0.29) is 6.03 Å². The number of benzene rings is 1. The summed E-state index contributed by atoms with van der Waals surface area (Å²) in [5, 5.41) is 7.12. The van der Waals surface area contributed by atoms with Gasteiger partial charge in [-0.1, -0.05) is 12.1 Å². The Morgan fingerprint density at radius 3 is 2.57 bits per heavy atom. The van der Waals surface area contributed by atoms with Crippen LogP contribution in [-0.4, -0.2) is 61.8 Å². The summed E-state index contributed by atoms with van der Waals surface area (Å²) in [6.45, 7) is 6.71. The highest BCUT2D eigenvalue weighted by Crippen LogP contribution is 2.20. The van der Waals surface area contributed by atoms with Crippen LogP contribution in [0.3, 0.4) is 0 Å². The van der Waals surface area contributed by atoms with Crippen LogP contribution < -0.4 is 10.2 Å². The van der Waals surface area contributed by atoms with Crippen molar-refractivity contribution in [1.82, 2.24) is 29.6 Å². The number of rotatable bonds is 3. The van der Waals surface area contributed by atoms with Crippen LogP contribution in [0.15, 0.2) is 43.2 Å². The number of carbonyl (C=O) groups is 1. The molecule has 1 aromatic carbocycles. The minimum absolute atomic E-state index is 0.0701. The number of nitrogens with one attached hydrogen (secondary N) is 1. The molecule has 0 bridgehead atoms. The zero-order chi connectivity index (χ0) is 19.5. The van der Waals surface area contributed by atoms with Crippen LogP contribution in [0, 0.1) is 13.8 Å². The van der Waals surface area contributed by atoms with Crippen molar-refractivity contribution in [3.8, 4) is 5.82 Å². The van der Waals surface area contributed by atoms with Crippen LogP contribution in [0.5, 0.6) is 0 Å². The maximum absolute atomic E-state index is 12.6. The van der Waals surface area contributed by atoms with Gasteiger partial charge >= 0.3 is 6.03 Å². The van der Waals surface area contributed by atoms with Crippen LogP contribution in [0.2, 0.25) is 0 Å². The molecule has 0 atom stereocenters. The second kappa shape index (κ2) is 7.63. The van der Waals surface area contributed by atoms with Crippen molar-refractivity contribution in [2.45, 2.75) is 13.8 Å². The van der Waals surface area contributed by atoms with Crippen LogP contribution in [-0.2, 0) is 0 Å². The number of aromatic nitrogens is 5. The number of carbonyl (C=O) groups excluding carboxylic acids is 1. The summed E-state index contributed by atoms with van der Waals surface area (Å²) in [7, 11) is 0. The number of nitrogens with zero attached hydrogens (tertiary/aromatic N) is 7. The Labute approximate surface area is 163 Å². The monoisotopic (exact) mass is 378 g/mol. The molecule has 0 spiro atoms. The molecule has 4 rings (SSSR count). The maximum atomic E-state index is 12.6. The quantitative estimate of drug-likeness (QED) is 0.750. The summed E-state index contributed by atoms with van der Waals surface area (Å²) in [6.07, 6.45) is 4.59. The molecule has 28 heavy (non-hydrogen) atoms. The molecule has 3 aromatic rings. The Kier molecular flexibility index (Phi) is 4.88. The van der Waals surface area contributed by atoms with E-state index >= 15 is 0 Å². The Morgan fingerprint density at radius 1 is 1.04 bits per heavy atom. The highest BCUT2D eigenvalue weighted by Gasteiger charge is 2.22. The van der Waals surface area contributed by atoms with Crippen molar-refractivity contribution in [3.63, 3.8) is 0 Å². The van der Waals surface area contributed by atoms with E-state index in [9.17, 15) is 4.79 Å². The largest absolute Gasteiger partial charge is 0.353 e. The molecular formula is C19H22N8O. The number of piperazine rings is 1. The van der Waals surface area contributed by atoms with E-state index in [2.05, 4.69) is 30.3 Å². The van der Waals surface area contributed by atoms with E-state index in [1.807, 2.05) is 43.0 Å². The Balaban J connectivity index is 1.39. The molecule has 2 amide bonds. The molecule has 2 aromatic heterocycles. The molecule has 0 unspecified atom stereocenters. The van der Waals surface area contributed by atoms with Gasteiger partial charge in [0.05, 0.1) is 0 Å². The third kappa shape index (κ3) is 3.64. The van der Waals surface area contributed by atoms with Crippen molar-refractivity contribution < 1.29 is 4.79 Å². The van der Waals surface area contributed by atoms with Crippen molar-refractivity contribution in [2.24, 2.45) is 0 Å². The van der Waals surface area contributed by atoms with Crippen LogP contribution in [0.4, 0.5) is 16.3 Å². The molecule has 1 N–H and O–H groups in total. The molecule has 1 saturated heterocycles. The number of amides is 2. The highest BCUT2D eigenvalue weighted by molar-refractivity contribution is 5.90. The van der Waals surface area contributed by atoms with E-state index < -0.39 is 0 Å². The van der Waals surface area contributed by atoms with Crippen LogP contribution >= 0.6 is 0 Å². The molecule has 1 aliphatic rings. The Hall–Kier alpha value is -3.49. The zero-order valence-electron chi connectivity index (χ0n) is 15.9. The van der Waals surface area contributed by atoms with Gasteiger partial charge in [-0.05, 0) is 31.0 Å². The number of urea groups is 1. The number of hydrogen-bond donors (Lipinski definition) is 1. The fourth-order valence-corrected chi connectivity index (χ4v) is 3.18. The van der Waals surface area contributed by atoms with Crippen LogP contribution in [0.1, 0.15) is 11.1 Å². The molecule has 1 fully saturated rings. The van der Waals surface area contributed by atoms with E-state index in [0.717, 1.165) is 22.6 Å². The molecule has 0 saturated carbocycles. The van der Waals surface area contributed by atoms with E-state index in [0.29, 0.717) is 32.0 Å². The van der Waals surface area contributed by atoms with E-state index in [1.54, 1.807) is 11.0 Å². The lowest BCUT2D eigenvalue weighted by Crippen LogP contribution is -2.50. The van der Waals surface area contributed by atoms with Crippen molar-refractivity contribution in [2.75, 3.05) is 36.4 Å². The van der Waals surface area contributed by atoms with Gasteiger partial charge in [0.15, 0.2) is 5.82 Å². The first-order valence-corrected chi connectivity index (χ1v) is 9.16. The number of hydrogen-bond acceptors (Lipinski definition) is 6. The summed E-state index contributed by atoms with van der Waals surface area (Å²) in [4.78, 5) is 29.1. The molecule has 1 aliphatic heterocycles. The fourth-order valence-electron chi connectivity index (χ4n) is 3.18. The summed E-state index contributed by atoms with van der Waals surface area (Å²) < 4.78 is 1.60. The zero-order valence-corrected chi connectivity index (χ0v) is 15.9. The second-order valence-electron chi connectivity index (χ2n) is 6.73. The standard InChI is InChI=1S/C19H22N8O/c1-14-4-3-5-16(15(14)2)24-19(28)26-8-6-25(7-9-26)17-10-18(22-12-21-17)27-13-20-11-23-27/h3-5,10-13H,6-9H2,1-2H3,(H,24,28). The van der Waals surface area contributed by atoms with Gasteiger partial charge in [-0.2, -0.15) is 5.10 Å². The summed E-state index contributed by atoms with van der Waals surface area (Å²) >= 11 is 0. The van der Waals surface area contributed by atoms with Gasteiger partial charge in [-0.15, -0.1) is 0 Å². The van der Waals surface area contributed by atoms with Crippen molar-refractivity contribution in [3.05, 3.63) is 54.4 Å². The summed E-state index contributed by atoms with van der Waals surface area (Å²) in [5.74, 6) is 1.48. The minimum atomic E-state index is -0.0701. The SMILES string of the molecule is Cc1cccc(NC(=O)N2CCN(c3cc(-n4cncn4)ncn3)CC2)c1C. The number of anilines is 2. The summed E-state index contributed by atoms with van der Waals surface area (Å²) in [6, 6.07) is 7.74. The minimum Gasteiger partial charge on any atom is -0.353 e. The lowest BCUT2D eigenvalue weighted by molar-refractivity contribution is 0.208. The van der Waals surface area contributed by atoms with Gasteiger partial charge in [0.1, 0.15) is 24.8 Å². The van der Waals surface area contributed by atoms with Gasteiger partial charge in [0.2, 0.25) is 0 Å². The first-order valence-electron chi connectivity index (χ1n) is 9.16. The summed E-state index contributed by atoms with van der Waals surface area (Å²) in [5.41, 5.74) is 3.12.